The Balaban J connectivity index is 1.55. The lowest BCUT2D eigenvalue weighted by Gasteiger charge is -2.36. The molecule has 0 radical (unpaired) electrons. The van der Waals surface area contributed by atoms with Crippen LogP contribution in [0, 0.1) is 5.82 Å². The topological polar surface area (TPSA) is 87.8 Å². The zero-order valence-electron chi connectivity index (χ0n) is 19.7. The van der Waals surface area contributed by atoms with E-state index in [1.165, 1.54) is 17.0 Å². The van der Waals surface area contributed by atoms with Crippen molar-refractivity contribution in [1.82, 2.24) is 10.1 Å². The van der Waals surface area contributed by atoms with Crippen LogP contribution in [-0.4, -0.2) is 34.2 Å². The van der Waals surface area contributed by atoms with Gasteiger partial charge in [0.25, 0.3) is 5.91 Å². The summed E-state index contributed by atoms with van der Waals surface area (Å²) in [5, 5.41) is 20.7. The minimum absolute atomic E-state index is 0.0137. The zero-order valence-corrected chi connectivity index (χ0v) is 22.1. The number of amides is 1. The number of anilines is 1. The van der Waals surface area contributed by atoms with E-state index in [-0.39, 0.29) is 34.3 Å². The number of aliphatic hydroxyl groups is 1. The van der Waals surface area contributed by atoms with E-state index in [1.54, 1.807) is 37.4 Å². The first-order valence-electron chi connectivity index (χ1n) is 11.8. The third kappa shape index (κ3) is 3.79. The van der Waals surface area contributed by atoms with E-state index < -0.39 is 17.4 Å². The molecule has 37 heavy (non-hydrogen) atoms. The van der Waals surface area contributed by atoms with Crippen molar-refractivity contribution in [3.63, 3.8) is 0 Å². The van der Waals surface area contributed by atoms with Crippen LogP contribution in [0.1, 0.15) is 46.3 Å². The van der Waals surface area contributed by atoms with Crippen LogP contribution in [0.3, 0.4) is 0 Å². The van der Waals surface area contributed by atoms with Gasteiger partial charge in [-0.1, -0.05) is 44.8 Å². The average molecular weight is 587 g/mol. The van der Waals surface area contributed by atoms with Gasteiger partial charge in [-0.25, -0.2) is 4.39 Å². The molecule has 2 aliphatic rings. The Labute approximate surface area is 225 Å². The van der Waals surface area contributed by atoms with E-state index in [2.05, 4.69) is 26.4 Å². The normalized spacial score (nSPS) is 19.3. The van der Waals surface area contributed by atoms with Crippen LogP contribution in [0.2, 0.25) is 5.02 Å². The van der Waals surface area contributed by atoms with Gasteiger partial charge in [0.05, 0.1) is 18.1 Å². The van der Waals surface area contributed by atoms with E-state index >= 15 is 0 Å². The molecular weight excluding hydrogens is 565 g/mol. The summed E-state index contributed by atoms with van der Waals surface area (Å²) >= 11 is 10.1. The first kappa shape index (κ1) is 24.2. The van der Waals surface area contributed by atoms with Gasteiger partial charge < -0.3 is 19.7 Å². The summed E-state index contributed by atoms with van der Waals surface area (Å²) in [6.45, 7) is 0.0137. The number of halogens is 3. The van der Waals surface area contributed by atoms with Gasteiger partial charge >= 0.3 is 0 Å². The number of nitrogens with one attached hydrogen (secondary N) is 1. The van der Waals surface area contributed by atoms with Crippen LogP contribution in [0.4, 0.5) is 10.3 Å². The highest BCUT2D eigenvalue weighted by molar-refractivity contribution is 9.10. The monoisotopic (exact) mass is 585 g/mol. The van der Waals surface area contributed by atoms with Gasteiger partial charge in [-0.15, -0.1) is 0 Å². The Hall–Kier alpha value is -3.14. The molecule has 4 aromatic rings. The lowest BCUT2D eigenvalue weighted by Crippen LogP contribution is -2.44. The summed E-state index contributed by atoms with van der Waals surface area (Å²) in [6.07, 6.45) is 3.20. The van der Waals surface area contributed by atoms with Crippen LogP contribution in [0.5, 0.6) is 5.75 Å². The Bertz CT molecular complexity index is 1540. The fraction of sp³-hybridized carbons (Fsp3) is 0.259. The second-order valence-electron chi connectivity index (χ2n) is 9.32. The molecule has 1 unspecified atom stereocenters. The molecule has 1 amide bonds. The van der Waals surface area contributed by atoms with Crippen molar-refractivity contribution in [2.45, 2.75) is 37.6 Å². The van der Waals surface area contributed by atoms with Gasteiger partial charge in [-0.3, -0.25) is 9.69 Å². The van der Waals surface area contributed by atoms with Crippen molar-refractivity contribution in [2.24, 2.45) is 0 Å². The van der Waals surface area contributed by atoms with Gasteiger partial charge in [-0.2, -0.15) is 0 Å². The highest BCUT2D eigenvalue weighted by Crippen LogP contribution is 2.51. The first-order valence-corrected chi connectivity index (χ1v) is 13.0. The predicted octanol–water partition coefficient (Wildman–Crippen LogP) is 6.21. The van der Waals surface area contributed by atoms with Gasteiger partial charge in [0.2, 0.25) is 5.88 Å². The quantitative estimate of drug-likeness (QED) is 0.280. The number of nitrogens with zero attached hydrogens (tertiary/aromatic N) is 2. The molecule has 1 atom stereocenters. The lowest BCUT2D eigenvalue weighted by atomic mass is 9.91. The van der Waals surface area contributed by atoms with E-state index in [0.717, 1.165) is 30.9 Å². The van der Waals surface area contributed by atoms with Gasteiger partial charge in [0.1, 0.15) is 17.1 Å². The van der Waals surface area contributed by atoms with Crippen LogP contribution < -0.4 is 10.1 Å². The standard InChI is InChI=1S/C27H22BrClFN3O4/c1-36-17-8-5-14(6-9-17)13-33-26(34)22-23(27(33,35)19-11-15(30)7-10-21(19)29)20(28)12-18-24(22)32-37-25(18)31-16-3-2-4-16/h5-12,16,31,35H,2-4,13H2,1H3. The molecule has 1 aliphatic heterocycles. The van der Waals surface area contributed by atoms with Crippen LogP contribution in [-0.2, 0) is 12.3 Å². The third-order valence-electron chi connectivity index (χ3n) is 7.17. The second-order valence-corrected chi connectivity index (χ2v) is 10.6. The van der Waals surface area contributed by atoms with E-state index in [1.807, 2.05) is 0 Å². The number of methoxy groups -OCH3 is 1. The minimum Gasteiger partial charge on any atom is -0.497 e. The number of aromatic nitrogens is 1. The molecule has 0 saturated heterocycles. The average Bonchev–Trinajstić information content (AvgIpc) is 3.36. The van der Waals surface area contributed by atoms with E-state index in [9.17, 15) is 14.3 Å². The number of carbonyl (C=O) groups is 1. The highest BCUT2D eigenvalue weighted by atomic mass is 79.9. The van der Waals surface area contributed by atoms with Crippen LogP contribution in [0.15, 0.2) is 57.5 Å². The molecule has 190 valence electrons. The minimum atomic E-state index is -2.08. The summed E-state index contributed by atoms with van der Waals surface area (Å²) in [5.41, 5.74) is -0.591. The molecule has 2 N–H and O–H groups in total. The number of rotatable bonds is 6. The van der Waals surface area contributed by atoms with Crippen molar-refractivity contribution in [3.05, 3.63) is 86.1 Å². The summed E-state index contributed by atoms with van der Waals surface area (Å²) < 4.78 is 25.8. The fourth-order valence-electron chi connectivity index (χ4n) is 5.00. The summed E-state index contributed by atoms with van der Waals surface area (Å²) in [5.74, 6) is 0.0471. The third-order valence-corrected chi connectivity index (χ3v) is 8.12. The van der Waals surface area contributed by atoms with Crippen molar-refractivity contribution in [2.75, 3.05) is 12.4 Å². The zero-order chi connectivity index (χ0) is 25.9. The van der Waals surface area contributed by atoms with Crippen molar-refractivity contribution >= 4 is 50.2 Å². The molecule has 2 heterocycles. The molecule has 0 spiro atoms. The number of hydrogen-bond donors (Lipinski definition) is 2. The predicted molar refractivity (Wildman–Crippen MR) is 140 cm³/mol. The summed E-state index contributed by atoms with van der Waals surface area (Å²) in [4.78, 5) is 15.3. The maximum Gasteiger partial charge on any atom is 0.259 e. The maximum atomic E-state index is 14.5. The molecular formula is C27H22BrClFN3O4. The van der Waals surface area contributed by atoms with Crippen molar-refractivity contribution < 1.29 is 23.6 Å². The molecule has 1 saturated carbocycles. The summed E-state index contributed by atoms with van der Waals surface area (Å²) in [7, 11) is 1.56. The number of hydrogen-bond acceptors (Lipinski definition) is 6. The van der Waals surface area contributed by atoms with Gasteiger partial charge in [0.15, 0.2) is 5.72 Å². The lowest BCUT2D eigenvalue weighted by molar-refractivity contribution is -0.0548. The second kappa shape index (κ2) is 9.01. The van der Waals surface area contributed by atoms with Crippen LogP contribution in [0.25, 0.3) is 10.9 Å². The summed E-state index contributed by atoms with van der Waals surface area (Å²) in [6, 6.07) is 12.9. The molecule has 7 nitrogen and oxygen atoms in total. The molecule has 1 aliphatic carbocycles. The number of carbonyl (C=O) groups excluding carboxylic acids is 1. The maximum absolute atomic E-state index is 14.5. The molecule has 0 bridgehead atoms. The molecule has 1 aromatic heterocycles. The fourth-order valence-corrected chi connectivity index (χ4v) is 5.95. The molecule has 1 fully saturated rings. The molecule has 10 heteroatoms. The van der Waals surface area contributed by atoms with Gasteiger partial charge in [-0.05, 0) is 61.2 Å². The van der Waals surface area contributed by atoms with E-state index in [4.69, 9.17) is 20.9 Å². The highest BCUT2D eigenvalue weighted by Gasteiger charge is 2.53. The van der Waals surface area contributed by atoms with Crippen molar-refractivity contribution in [1.29, 1.82) is 0 Å². The van der Waals surface area contributed by atoms with E-state index in [0.29, 0.717) is 27.0 Å². The van der Waals surface area contributed by atoms with Gasteiger partial charge in [0, 0.05) is 33.2 Å². The Morgan fingerprint density at radius 1 is 1.27 bits per heavy atom. The Kier molecular flexibility index (Phi) is 5.89. The molecule has 6 rings (SSSR count). The molecule has 3 aromatic carbocycles. The largest absolute Gasteiger partial charge is 0.497 e. The number of fused-ring (bicyclic) bond motifs is 3. The Morgan fingerprint density at radius 3 is 2.70 bits per heavy atom. The Morgan fingerprint density at radius 2 is 2.03 bits per heavy atom. The first-order chi connectivity index (χ1) is 17.8. The SMILES string of the molecule is COc1ccc(CN2C(=O)c3c(c(Br)cc4c(NC5CCC5)onc34)C2(O)c2cc(F)ccc2Cl)cc1. The number of benzene rings is 3. The smallest absolute Gasteiger partial charge is 0.259 e. The van der Waals surface area contributed by atoms with Crippen LogP contribution >= 0.6 is 27.5 Å². The van der Waals surface area contributed by atoms with Crippen molar-refractivity contribution in [3.8, 4) is 5.75 Å². The number of ether oxygens (including phenoxy) is 1.